The molecule has 0 saturated carbocycles. The van der Waals surface area contributed by atoms with Gasteiger partial charge in [0.15, 0.2) is 0 Å². The van der Waals surface area contributed by atoms with Crippen LogP contribution in [0.4, 0.5) is 18.9 Å². The van der Waals surface area contributed by atoms with E-state index < -0.39 is 24.2 Å². The number of benzene rings is 2. The summed E-state index contributed by atoms with van der Waals surface area (Å²) in [6, 6.07) is 16.5. The maximum absolute atomic E-state index is 13.1. The number of hydrogen-bond acceptors (Lipinski definition) is 4. The largest absolute Gasteiger partial charge is 0.497 e. The van der Waals surface area contributed by atoms with Gasteiger partial charge in [-0.15, -0.1) is 11.3 Å². The van der Waals surface area contributed by atoms with E-state index in [1.807, 2.05) is 35.7 Å². The smallest absolute Gasteiger partial charge is 0.471 e. The second-order valence-corrected chi connectivity index (χ2v) is 8.57. The minimum atomic E-state index is -4.98. The number of hydrogen-bond donors (Lipinski definition) is 2. The number of rotatable bonds is 8. The van der Waals surface area contributed by atoms with Crippen LogP contribution in [0.2, 0.25) is 0 Å². The Balaban J connectivity index is 1.96. The highest BCUT2D eigenvalue weighted by Crippen LogP contribution is 2.31. The minimum absolute atomic E-state index is 0.189. The van der Waals surface area contributed by atoms with Gasteiger partial charge in [0.05, 0.1) is 19.2 Å². The van der Waals surface area contributed by atoms with Gasteiger partial charge in [-0.25, -0.2) is 0 Å². The van der Waals surface area contributed by atoms with Gasteiger partial charge in [-0.3, -0.25) is 4.79 Å². The first kappa shape index (κ1) is 23.1. The lowest BCUT2D eigenvalue weighted by atomic mass is 9.97. The Morgan fingerprint density at radius 1 is 1.10 bits per heavy atom. The normalized spacial score (nSPS) is 13.3. The molecule has 1 heterocycles. The number of methoxy groups -OCH3 is 1. The maximum Gasteiger partial charge on any atom is 0.471 e. The molecule has 0 aliphatic heterocycles. The highest BCUT2D eigenvalue weighted by atomic mass is 79.9. The molecular weight excluding hydrogens is 493 g/mol. The lowest BCUT2D eigenvalue weighted by molar-refractivity contribution is -0.174. The van der Waals surface area contributed by atoms with Crippen molar-refractivity contribution >= 4 is 38.9 Å². The highest BCUT2D eigenvalue weighted by molar-refractivity contribution is 9.10. The monoisotopic (exact) mass is 512 g/mol. The fraction of sp³-hybridized carbons (Fsp3) is 0.227. The van der Waals surface area contributed by atoms with Crippen molar-refractivity contribution in [1.82, 2.24) is 5.32 Å². The lowest BCUT2D eigenvalue weighted by Crippen LogP contribution is -2.48. The van der Waals surface area contributed by atoms with Crippen molar-refractivity contribution in [3.05, 3.63) is 81.0 Å². The number of nitrogens with one attached hydrogen (secondary N) is 2. The van der Waals surface area contributed by atoms with Gasteiger partial charge < -0.3 is 15.4 Å². The average molecular weight is 513 g/mol. The lowest BCUT2D eigenvalue weighted by Gasteiger charge is -2.30. The Morgan fingerprint density at radius 3 is 2.39 bits per heavy atom. The third-order valence-electron chi connectivity index (χ3n) is 4.64. The number of amides is 1. The molecule has 0 radical (unpaired) electrons. The van der Waals surface area contributed by atoms with Crippen LogP contribution in [-0.4, -0.2) is 25.2 Å². The van der Waals surface area contributed by atoms with Gasteiger partial charge in [-0.2, -0.15) is 13.2 Å². The molecule has 3 aromatic rings. The van der Waals surface area contributed by atoms with Crippen LogP contribution in [0.25, 0.3) is 0 Å². The molecule has 0 unspecified atom stereocenters. The Kier molecular flexibility index (Phi) is 7.61. The number of thiophene rings is 1. The number of carbonyl (C=O) groups excluding carboxylic acids is 1. The predicted molar refractivity (Wildman–Crippen MR) is 120 cm³/mol. The van der Waals surface area contributed by atoms with E-state index in [0.717, 1.165) is 14.9 Å². The molecule has 3 rings (SSSR count). The van der Waals surface area contributed by atoms with Gasteiger partial charge in [0.1, 0.15) is 5.75 Å². The third-order valence-corrected chi connectivity index (χ3v) is 6.36. The number of carbonyl (C=O) groups is 1. The molecule has 0 aliphatic rings. The molecule has 31 heavy (non-hydrogen) atoms. The van der Waals surface area contributed by atoms with Crippen LogP contribution < -0.4 is 15.4 Å². The number of alkyl halides is 3. The molecule has 4 nitrogen and oxygen atoms in total. The molecule has 0 spiro atoms. The fourth-order valence-electron chi connectivity index (χ4n) is 3.11. The molecule has 1 aromatic heterocycles. The summed E-state index contributed by atoms with van der Waals surface area (Å²) < 4.78 is 45.2. The van der Waals surface area contributed by atoms with Gasteiger partial charge in [0.25, 0.3) is 0 Å². The van der Waals surface area contributed by atoms with Crippen molar-refractivity contribution in [2.45, 2.75) is 24.7 Å². The van der Waals surface area contributed by atoms with Gasteiger partial charge >= 0.3 is 12.1 Å². The first-order valence-electron chi connectivity index (χ1n) is 9.33. The zero-order valence-electron chi connectivity index (χ0n) is 16.4. The molecule has 0 bridgehead atoms. The van der Waals surface area contributed by atoms with E-state index in [4.69, 9.17) is 4.74 Å². The van der Waals surface area contributed by atoms with Crippen LogP contribution in [0.5, 0.6) is 5.75 Å². The SMILES string of the molecule is COc1ccc(N[C@H](c2cccs2)[C@H](Cc2ccccc2Br)NC(=O)C(F)(F)F)cc1. The summed E-state index contributed by atoms with van der Waals surface area (Å²) in [4.78, 5) is 12.7. The van der Waals surface area contributed by atoms with Crippen LogP contribution in [0.15, 0.2) is 70.5 Å². The molecule has 9 heteroatoms. The minimum Gasteiger partial charge on any atom is -0.497 e. The van der Waals surface area contributed by atoms with E-state index in [1.165, 1.54) is 11.3 Å². The van der Waals surface area contributed by atoms with Gasteiger partial charge in [-0.1, -0.05) is 40.2 Å². The van der Waals surface area contributed by atoms with Crippen molar-refractivity contribution in [2.24, 2.45) is 0 Å². The summed E-state index contributed by atoms with van der Waals surface area (Å²) in [5.74, 6) is -1.31. The van der Waals surface area contributed by atoms with Crippen molar-refractivity contribution in [1.29, 1.82) is 0 Å². The molecule has 0 fully saturated rings. The van der Waals surface area contributed by atoms with Crippen molar-refractivity contribution in [2.75, 3.05) is 12.4 Å². The Hall–Kier alpha value is -2.52. The van der Waals surface area contributed by atoms with Crippen LogP contribution in [0, 0.1) is 0 Å². The second kappa shape index (κ2) is 10.2. The predicted octanol–water partition coefficient (Wildman–Crippen LogP) is 5.96. The molecule has 0 aliphatic carbocycles. The quantitative estimate of drug-likeness (QED) is 0.391. The van der Waals surface area contributed by atoms with E-state index in [2.05, 4.69) is 26.6 Å². The van der Waals surface area contributed by atoms with E-state index in [0.29, 0.717) is 11.4 Å². The number of ether oxygens (including phenoxy) is 1. The topological polar surface area (TPSA) is 50.4 Å². The van der Waals surface area contributed by atoms with Crippen molar-refractivity contribution < 1.29 is 22.7 Å². The van der Waals surface area contributed by atoms with Gasteiger partial charge in [-0.05, 0) is 53.8 Å². The summed E-state index contributed by atoms with van der Waals surface area (Å²) >= 11 is 4.85. The van der Waals surface area contributed by atoms with E-state index in [-0.39, 0.29) is 6.42 Å². The summed E-state index contributed by atoms with van der Waals surface area (Å²) in [7, 11) is 1.55. The summed E-state index contributed by atoms with van der Waals surface area (Å²) in [5, 5.41) is 7.33. The fourth-order valence-corrected chi connectivity index (χ4v) is 4.40. The molecule has 0 saturated heterocycles. The third kappa shape index (κ3) is 6.24. The van der Waals surface area contributed by atoms with Crippen LogP contribution in [0.1, 0.15) is 16.5 Å². The average Bonchev–Trinajstić information content (AvgIpc) is 3.27. The Morgan fingerprint density at radius 2 is 1.81 bits per heavy atom. The summed E-state index contributed by atoms with van der Waals surface area (Å²) in [6.45, 7) is 0. The van der Waals surface area contributed by atoms with Crippen molar-refractivity contribution in [3.8, 4) is 5.75 Å². The Labute approximate surface area is 190 Å². The molecule has 164 valence electrons. The summed E-state index contributed by atoms with van der Waals surface area (Å²) in [6.07, 6.45) is -4.79. The van der Waals surface area contributed by atoms with Gasteiger partial charge in [0.2, 0.25) is 0 Å². The second-order valence-electron chi connectivity index (χ2n) is 6.74. The molecule has 2 aromatic carbocycles. The zero-order chi connectivity index (χ0) is 22.4. The van der Waals surface area contributed by atoms with E-state index in [1.54, 1.807) is 37.4 Å². The number of halogens is 4. The van der Waals surface area contributed by atoms with E-state index >= 15 is 0 Å². The first-order valence-corrected chi connectivity index (χ1v) is 11.0. The molecule has 2 N–H and O–H groups in total. The molecule has 2 atom stereocenters. The number of anilines is 1. The van der Waals surface area contributed by atoms with E-state index in [9.17, 15) is 18.0 Å². The molecular formula is C22H20BrF3N2O2S. The standard InChI is InChI=1S/C22H20BrF3N2O2S/c1-30-16-10-8-15(9-11-16)27-20(19-7-4-12-31-19)18(28-21(29)22(24,25)26)13-14-5-2-3-6-17(14)23/h2-12,18,20,27H,13H2,1H3,(H,28,29)/t18-,20-/m0/s1. The van der Waals surface area contributed by atoms with Crippen LogP contribution in [0.3, 0.4) is 0 Å². The van der Waals surface area contributed by atoms with Crippen molar-refractivity contribution in [3.63, 3.8) is 0 Å². The Bertz CT molecular complexity index is 995. The maximum atomic E-state index is 13.1. The van der Waals surface area contributed by atoms with Gasteiger partial charge in [0, 0.05) is 15.0 Å². The molecule has 1 amide bonds. The first-order chi connectivity index (χ1) is 14.8. The zero-order valence-corrected chi connectivity index (χ0v) is 18.9. The van der Waals surface area contributed by atoms with Crippen LogP contribution in [-0.2, 0) is 11.2 Å². The summed E-state index contributed by atoms with van der Waals surface area (Å²) in [5.41, 5.74) is 1.48. The highest BCUT2D eigenvalue weighted by Gasteiger charge is 2.41. The van der Waals surface area contributed by atoms with Crippen LogP contribution >= 0.6 is 27.3 Å².